The van der Waals surface area contributed by atoms with Crippen LogP contribution in [0.4, 0.5) is 5.69 Å². The third-order valence-corrected chi connectivity index (χ3v) is 3.49. The molecule has 0 radical (unpaired) electrons. The molecule has 0 atom stereocenters. The van der Waals surface area contributed by atoms with Gasteiger partial charge >= 0.3 is 0 Å². The van der Waals surface area contributed by atoms with Crippen LogP contribution in [0.2, 0.25) is 0 Å². The molecule has 2 nitrogen and oxygen atoms in total. The van der Waals surface area contributed by atoms with E-state index in [0.717, 1.165) is 17.8 Å². The van der Waals surface area contributed by atoms with Crippen LogP contribution in [-0.2, 0) is 13.2 Å². The van der Waals surface area contributed by atoms with Gasteiger partial charge in [-0.1, -0.05) is 42.0 Å². The Morgan fingerprint density at radius 3 is 2.42 bits per heavy atom. The molecule has 0 spiro atoms. The maximum absolute atomic E-state index is 9.49. The zero-order chi connectivity index (χ0) is 13.8. The van der Waals surface area contributed by atoms with Crippen LogP contribution in [0.5, 0.6) is 0 Å². The lowest BCUT2D eigenvalue weighted by molar-refractivity contribution is 0.282. The van der Waals surface area contributed by atoms with E-state index in [1.165, 1.54) is 16.7 Å². The first kappa shape index (κ1) is 13.6. The van der Waals surface area contributed by atoms with Gasteiger partial charge in [-0.2, -0.15) is 0 Å². The number of benzene rings is 2. The van der Waals surface area contributed by atoms with Crippen molar-refractivity contribution < 1.29 is 5.11 Å². The third-order valence-electron chi connectivity index (χ3n) is 3.49. The molecule has 0 unspecified atom stereocenters. The molecular weight excluding hydrogens is 234 g/mol. The summed E-state index contributed by atoms with van der Waals surface area (Å²) in [7, 11) is 2.07. The maximum Gasteiger partial charge on any atom is 0.0702 e. The zero-order valence-corrected chi connectivity index (χ0v) is 11.9. The van der Waals surface area contributed by atoms with Gasteiger partial charge in [0.15, 0.2) is 0 Å². The number of aryl methyl sites for hydroxylation is 2. The molecule has 0 fully saturated rings. The van der Waals surface area contributed by atoms with Crippen LogP contribution < -0.4 is 4.90 Å². The number of nitrogens with zero attached hydrogens (tertiary/aromatic N) is 1. The number of hydrogen-bond donors (Lipinski definition) is 1. The van der Waals surface area contributed by atoms with Crippen molar-refractivity contribution in [2.24, 2.45) is 0 Å². The van der Waals surface area contributed by atoms with E-state index >= 15 is 0 Å². The summed E-state index contributed by atoms with van der Waals surface area (Å²) in [6.07, 6.45) is 0. The van der Waals surface area contributed by atoms with E-state index in [1.807, 2.05) is 13.0 Å². The highest BCUT2D eigenvalue weighted by molar-refractivity contribution is 5.54. The monoisotopic (exact) mass is 255 g/mol. The predicted molar refractivity (Wildman–Crippen MR) is 80.4 cm³/mol. The average Bonchev–Trinajstić information content (AvgIpc) is 2.41. The minimum absolute atomic E-state index is 0.0785. The van der Waals surface area contributed by atoms with E-state index in [4.69, 9.17) is 0 Å². The number of anilines is 1. The van der Waals surface area contributed by atoms with Crippen molar-refractivity contribution in [3.8, 4) is 0 Å². The SMILES string of the molecule is Cc1ccc(N(C)Cc2ccccc2C)c(CO)c1. The Labute approximate surface area is 115 Å². The van der Waals surface area contributed by atoms with E-state index in [0.29, 0.717) is 0 Å². The maximum atomic E-state index is 9.49. The summed E-state index contributed by atoms with van der Waals surface area (Å²) in [6.45, 7) is 5.10. The fourth-order valence-corrected chi connectivity index (χ4v) is 2.34. The van der Waals surface area contributed by atoms with Crippen LogP contribution in [0.15, 0.2) is 42.5 Å². The summed E-state index contributed by atoms with van der Waals surface area (Å²) >= 11 is 0. The Morgan fingerprint density at radius 2 is 1.74 bits per heavy atom. The van der Waals surface area contributed by atoms with E-state index in [2.05, 4.69) is 55.3 Å². The molecule has 0 heterocycles. The highest BCUT2D eigenvalue weighted by atomic mass is 16.3. The van der Waals surface area contributed by atoms with E-state index in [9.17, 15) is 5.11 Å². The molecule has 0 aromatic heterocycles. The Hall–Kier alpha value is -1.80. The smallest absolute Gasteiger partial charge is 0.0702 e. The summed E-state index contributed by atoms with van der Waals surface area (Å²) in [5.74, 6) is 0. The molecule has 0 aliphatic carbocycles. The van der Waals surface area contributed by atoms with Crippen molar-refractivity contribution in [2.75, 3.05) is 11.9 Å². The average molecular weight is 255 g/mol. The number of aliphatic hydroxyl groups is 1. The van der Waals surface area contributed by atoms with Gasteiger partial charge in [0.2, 0.25) is 0 Å². The largest absolute Gasteiger partial charge is 0.392 e. The van der Waals surface area contributed by atoms with Gasteiger partial charge in [-0.05, 0) is 31.0 Å². The minimum Gasteiger partial charge on any atom is -0.392 e. The van der Waals surface area contributed by atoms with Gasteiger partial charge in [0.1, 0.15) is 0 Å². The van der Waals surface area contributed by atoms with Crippen molar-refractivity contribution in [1.82, 2.24) is 0 Å². The first-order valence-corrected chi connectivity index (χ1v) is 6.58. The lowest BCUT2D eigenvalue weighted by Gasteiger charge is -2.23. The van der Waals surface area contributed by atoms with Crippen LogP contribution in [0.25, 0.3) is 0 Å². The molecule has 0 saturated carbocycles. The lowest BCUT2D eigenvalue weighted by Crippen LogP contribution is -2.18. The molecule has 2 aromatic rings. The lowest BCUT2D eigenvalue weighted by atomic mass is 10.1. The summed E-state index contributed by atoms with van der Waals surface area (Å²) in [5.41, 5.74) is 5.87. The van der Waals surface area contributed by atoms with Crippen molar-refractivity contribution in [2.45, 2.75) is 27.0 Å². The normalized spacial score (nSPS) is 10.5. The molecule has 2 rings (SSSR count). The van der Waals surface area contributed by atoms with E-state index in [1.54, 1.807) is 0 Å². The van der Waals surface area contributed by atoms with Gasteiger partial charge in [0, 0.05) is 24.8 Å². The molecule has 0 saturated heterocycles. The fourth-order valence-electron chi connectivity index (χ4n) is 2.34. The van der Waals surface area contributed by atoms with Crippen LogP contribution in [0, 0.1) is 13.8 Å². The second-order valence-corrected chi connectivity index (χ2v) is 5.07. The van der Waals surface area contributed by atoms with Gasteiger partial charge < -0.3 is 10.0 Å². The second-order valence-electron chi connectivity index (χ2n) is 5.07. The number of hydrogen-bond acceptors (Lipinski definition) is 2. The topological polar surface area (TPSA) is 23.5 Å². The van der Waals surface area contributed by atoms with E-state index in [-0.39, 0.29) is 6.61 Å². The van der Waals surface area contributed by atoms with Gasteiger partial charge in [0.05, 0.1) is 6.61 Å². The molecule has 100 valence electrons. The van der Waals surface area contributed by atoms with Crippen molar-refractivity contribution >= 4 is 5.69 Å². The predicted octanol–water partition coefficient (Wildman–Crippen LogP) is 3.43. The third kappa shape index (κ3) is 3.15. The Bertz CT molecular complexity index is 563. The molecule has 0 amide bonds. The van der Waals surface area contributed by atoms with Crippen LogP contribution >= 0.6 is 0 Å². The van der Waals surface area contributed by atoms with E-state index < -0.39 is 0 Å². The Balaban J connectivity index is 2.25. The summed E-state index contributed by atoms with van der Waals surface area (Å²) in [5, 5.41) is 9.49. The number of aliphatic hydroxyl groups excluding tert-OH is 1. The van der Waals surface area contributed by atoms with Crippen LogP contribution in [-0.4, -0.2) is 12.2 Å². The molecule has 0 aliphatic heterocycles. The highest BCUT2D eigenvalue weighted by Crippen LogP contribution is 2.23. The van der Waals surface area contributed by atoms with Crippen LogP contribution in [0.3, 0.4) is 0 Å². The Kier molecular flexibility index (Phi) is 4.23. The standard InChI is InChI=1S/C17H21NO/c1-13-8-9-17(16(10-13)12-19)18(3)11-15-7-5-4-6-14(15)2/h4-10,19H,11-12H2,1-3H3. The van der Waals surface area contributed by atoms with Gasteiger partial charge in [0.25, 0.3) is 0 Å². The minimum atomic E-state index is 0.0785. The summed E-state index contributed by atoms with van der Waals surface area (Å²) < 4.78 is 0. The molecule has 0 aliphatic rings. The van der Waals surface area contributed by atoms with Gasteiger partial charge in [-0.15, -0.1) is 0 Å². The van der Waals surface area contributed by atoms with Gasteiger partial charge in [-0.3, -0.25) is 0 Å². The van der Waals surface area contributed by atoms with Crippen molar-refractivity contribution in [3.05, 3.63) is 64.7 Å². The number of rotatable bonds is 4. The molecule has 2 heteroatoms. The van der Waals surface area contributed by atoms with Crippen molar-refractivity contribution in [3.63, 3.8) is 0 Å². The molecule has 1 N–H and O–H groups in total. The summed E-state index contributed by atoms with van der Waals surface area (Å²) in [4.78, 5) is 2.19. The van der Waals surface area contributed by atoms with Crippen LogP contribution in [0.1, 0.15) is 22.3 Å². The summed E-state index contributed by atoms with van der Waals surface area (Å²) in [6, 6.07) is 14.6. The zero-order valence-electron chi connectivity index (χ0n) is 11.9. The molecule has 2 aromatic carbocycles. The van der Waals surface area contributed by atoms with Crippen molar-refractivity contribution in [1.29, 1.82) is 0 Å². The molecule has 0 bridgehead atoms. The molecule has 19 heavy (non-hydrogen) atoms. The van der Waals surface area contributed by atoms with Gasteiger partial charge in [-0.25, -0.2) is 0 Å². The first-order chi connectivity index (χ1) is 9.11. The quantitative estimate of drug-likeness (QED) is 0.904. The Morgan fingerprint density at radius 1 is 1.00 bits per heavy atom. The second kappa shape index (κ2) is 5.89. The highest BCUT2D eigenvalue weighted by Gasteiger charge is 2.08. The first-order valence-electron chi connectivity index (χ1n) is 6.58. The fraction of sp³-hybridized carbons (Fsp3) is 0.294. The molecular formula is C17H21NO.